The highest BCUT2D eigenvalue weighted by Crippen LogP contribution is 2.33. The van der Waals surface area contributed by atoms with E-state index < -0.39 is 0 Å². The molecule has 3 unspecified atom stereocenters. The summed E-state index contributed by atoms with van der Waals surface area (Å²) in [5, 5.41) is 3.68. The Labute approximate surface area is 126 Å². The molecule has 0 radical (unpaired) electrons. The number of hydrogen-bond donors (Lipinski definition) is 1. The molecule has 108 valence electrons. The Balaban J connectivity index is 2.16. The van der Waals surface area contributed by atoms with Crippen LogP contribution in [0.1, 0.15) is 45.0 Å². The first-order valence-corrected chi connectivity index (χ1v) is 8.46. The lowest BCUT2D eigenvalue weighted by molar-refractivity contribution is 0.0623. The Hall–Kier alpha value is -0.0900. The van der Waals surface area contributed by atoms with Crippen LogP contribution in [0.3, 0.4) is 0 Å². The van der Waals surface area contributed by atoms with Crippen molar-refractivity contribution >= 4 is 22.9 Å². The van der Waals surface area contributed by atoms with E-state index in [2.05, 4.69) is 44.0 Å². The molecule has 1 saturated heterocycles. The van der Waals surface area contributed by atoms with E-state index in [0.29, 0.717) is 24.0 Å². The SMILES string of the molecule is CCC1CN(C(C)c2ccc(Cl)s2)C(C(C)C)CN1. The second-order valence-electron chi connectivity index (χ2n) is 5.84. The van der Waals surface area contributed by atoms with Gasteiger partial charge < -0.3 is 5.32 Å². The molecule has 19 heavy (non-hydrogen) atoms. The van der Waals surface area contributed by atoms with Crippen LogP contribution in [0.15, 0.2) is 12.1 Å². The van der Waals surface area contributed by atoms with Gasteiger partial charge >= 0.3 is 0 Å². The zero-order valence-corrected chi connectivity index (χ0v) is 13.9. The fourth-order valence-electron chi connectivity index (χ4n) is 2.91. The summed E-state index contributed by atoms with van der Waals surface area (Å²) < 4.78 is 0.894. The van der Waals surface area contributed by atoms with Crippen LogP contribution in [-0.2, 0) is 0 Å². The average Bonchev–Trinajstić information content (AvgIpc) is 2.83. The third kappa shape index (κ3) is 3.52. The fraction of sp³-hybridized carbons (Fsp3) is 0.733. The minimum atomic E-state index is 0.459. The van der Waals surface area contributed by atoms with E-state index in [1.165, 1.54) is 11.3 Å². The molecule has 1 aromatic rings. The van der Waals surface area contributed by atoms with Gasteiger partial charge in [0.25, 0.3) is 0 Å². The van der Waals surface area contributed by atoms with Crippen molar-refractivity contribution < 1.29 is 0 Å². The third-order valence-electron chi connectivity index (χ3n) is 4.24. The summed E-state index contributed by atoms with van der Waals surface area (Å²) in [6.07, 6.45) is 1.19. The second-order valence-corrected chi connectivity index (χ2v) is 7.59. The first-order valence-electron chi connectivity index (χ1n) is 7.27. The Morgan fingerprint density at radius 2 is 2.16 bits per heavy atom. The van der Waals surface area contributed by atoms with E-state index in [-0.39, 0.29) is 0 Å². The van der Waals surface area contributed by atoms with Crippen LogP contribution in [0.25, 0.3) is 0 Å². The van der Waals surface area contributed by atoms with Gasteiger partial charge in [0.15, 0.2) is 0 Å². The van der Waals surface area contributed by atoms with Crippen molar-refractivity contribution in [3.05, 3.63) is 21.3 Å². The molecule has 1 aliphatic heterocycles. The van der Waals surface area contributed by atoms with Crippen molar-refractivity contribution in [3.8, 4) is 0 Å². The van der Waals surface area contributed by atoms with Gasteiger partial charge in [0.1, 0.15) is 0 Å². The van der Waals surface area contributed by atoms with Crippen molar-refractivity contribution in [3.63, 3.8) is 0 Å². The Kier molecular flexibility index (Phi) is 5.29. The molecule has 0 amide bonds. The van der Waals surface area contributed by atoms with Gasteiger partial charge in [-0.05, 0) is 31.4 Å². The van der Waals surface area contributed by atoms with Crippen molar-refractivity contribution in [1.29, 1.82) is 0 Å². The second kappa shape index (κ2) is 6.57. The van der Waals surface area contributed by atoms with E-state index >= 15 is 0 Å². The van der Waals surface area contributed by atoms with Crippen molar-refractivity contribution in [1.82, 2.24) is 10.2 Å². The number of nitrogens with one attached hydrogen (secondary N) is 1. The normalized spacial score (nSPS) is 26.8. The molecule has 0 saturated carbocycles. The minimum absolute atomic E-state index is 0.459. The lowest BCUT2D eigenvalue weighted by Crippen LogP contribution is -2.58. The summed E-state index contributed by atoms with van der Waals surface area (Å²) in [5.41, 5.74) is 0. The van der Waals surface area contributed by atoms with Crippen LogP contribution in [0.5, 0.6) is 0 Å². The van der Waals surface area contributed by atoms with Crippen LogP contribution < -0.4 is 5.32 Å². The highest BCUT2D eigenvalue weighted by molar-refractivity contribution is 7.16. The first-order chi connectivity index (χ1) is 9.02. The van der Waals surface area contributed by atoms with E-state index in [1.54, 1.807) is 11.3 Å². The topological polar surface area (TPSA) is 15.3 Å². The summed E-state index contributed by atoms with van der Waals surface area (Å²) in [5.74, 6) is 0.670. The molecule has 2 nitrogen and oxygen atoms in total. The average molecular weight is 301 g/mol. The fourth-order valence-corrected chi connectivity index (χ4v) is 4.05. The number of nitrogens with zero attached hydrogens (tertiary/aromatic N) is 1. The summed E-state index contributed by atoms with van der Waals surface area (Å²) in [6, 6.07) is 5.88. The van der Waals surface area contributed by atoms with E-state index in [0.717, 1.165) is 17.4 Å². The maximum absolute atomic E-state index is 6.09. The van der Waals surface area contributed by atoms with Crippen molar-refractivity contribution in [2.24, 2.45) is 5.92 Å². The monoisotopic (exact) mass is 300 g/mol. The van der Waals surface area contributed by atoms with Gasteiger partial charge in [-0.15, -0.1) is 11.3 Å². The molecular weight excluding hydrogens is 276 g/mol. The molecule has 0 bridgehead atoms. The van der Waals surface area contributed by atoms with Gasteiger partial charge in [-0.3, -0.25) is 4.90 Å². The maximum Gasteiger partial charge on any atom is 0.0931 e. The van der Waals surface area contributed by atoms with Gasteiger partial charge in [-0.2, -0.15) is 0 Å². The predicted molar refractivity (Wildman–Crippen MR) is 85.2 cm³/mol. The number of piperazine rings is 1. The smallest absolute Gasteiger partial charge is 0.0931 e. The van der Waals surface area contributed by atoms with Gasteiger partial charge in [-0.25, -0.2) is 0 Å². The number of hydrogen-bond acceptors (Lipinski definition) is 3. The number of thiophene rings is 1. The molecule has 1 fully saturated rings. The largest absolute Gasteiger partial charge is 0.311 e. The highest BCUT2D eigenvalue weighted by atomic mass is 35.5. The van der Waals surface area contributed by atoms with Crippen LogP contribution in [0, 0.1) is 5.92 Å². The molecule has 1 aliphatic rings. The van der Waals surface area contributed by atoms with E-state index in [9.17, 15) is 0 Å². The van der Waals surface area contributed by atoms with E-state index in [4.69, 9.17) is 11.6 Å². The summed E-state index contributed by atoms with van der Waals surface area (Å²) in [6.45, 7) is 11.4. The number of rotatable bonds is 4. The van der Waals surface area contributed by atoms with E-state index in [1.807, 2.05) is 6.07 Å². The van der Waals surface area contributed by atoms with Crippen LogP contribution >= 0.6 is 22.9 Å². The van der Waals surface area contributed by atoms with Gasteiger partial charge in [0.05, 0.1) is 4.34 Å². The summed E-state index contributed by atoms with van der Waals surface area (Å²) in [4.78, 5) is 4.05. The Morgan fingerprint density at radius 3 is 2.68 bits per heavy atom. The van der Waals surface area contributed by atoms with Crippen LogP contribution in [-0.4, -0.2) is 30.1 Å². The molecule has 4 heteroatoms. The lowest BCUT2D eigenvalue weighted by atomic mass is 9.95. The first kappa shape index (κ1) is 15.3. The van der Waals surface area contributed by atoms with Gasteiger partial charge in [-0.1, -0.05) is 32.4 Å². The molecule has 1 aromatic heterocycles. The zero-order valence-electron chi connectivity index (χ0n) is 12.3. The molecule has 0 aromatic carbocycles. The van der Waals surface area contributed by atoms with Crippen molar-refractivity contribution in [2.75, 3.05) is 13.1 Å². The summed E-state index contributed by atoms with van der Waals surface area (Å²) in [7, 11) is 0. The molecule has 3 atom stereocenters. The molecule has 0 aliphatic carbocycles. The third-order valence-corrected chi connectivity index (χ3v) is 5.64. The minimum Gasteiger partial charge on any atom is -0.311 e. The molecule has 2 rings (SSSR count). The van der Waals surface area contributed by atoms with Crippen LogP contribution in [0.2, 0.25) is 4.34 Å². The van der Waals surface area contributed by atoms with Crippen LogP contribution in [0.4, 0.5) is 0 Å². The van der Waals surface area contributed by atoms with Crippen molar-refractivity contribution in [2.45, 2.75) is 52.2 Å². The molecular formula is C15H25ClN2S. The molecule has 2 heterocycles. The van der Waals surface area contributed by atoms with Gasteiger partial charge in [0.2, 0.25) is 0 Å². The Morgan fingerprint density at radius 1 is 1.42 bits per heavy atom. The number of halogens is 1. The summed E-state index contributed by atoms with van der Waals surface area (Å²) >= 11 is 7.80. The van der Waals surface area contributed by atoms with Gasteiger partial charge in [0, 0.05) is 36.1 Å². The Bertz CT molecular complexity index is 405. The predicted octanol–water partition coefficient (Wildman–Crippen LogP) is 4.17. The quantitative estimate of drug-likeness (QED) is 0.898. The zero-order chi connectivity index (χ0) is 14.0. The molecule has 0 spiro atoms. The maximum atomic E-state index is 6.09. The highest BCUT2D eigenvalue weighted by Gasteiger charge is 2.33. The standard InChI is InChI=1S/C15H25ClN2S/c1-5-12-9-18(13(8-17-12)10(2)3)11(4)14-6-7-15(16)19-14/h6-7,10-13,17H,5,8-9H2,1-4H3. The lowest BCUT2D eigenvalue weighted by Gasteiger charge is -2.45. The molecule has 1 N–H and O–H groups in total.